The SMILES string of the molecule is CN1CCCC(n2c(-c3ccccn3)nc3cccnc32)C1. The van der Waals surface area contributed by atoms with E-state index >= 15 is 0 Å². The third-order valence-corrected chi connectivity index (χ3v) is 4.31. The lowest BCUT2D eigenvalue weighted by Crippen LogP contribution is -2.33. The Morgan fingerprint density at radius 3 is 2.82 bits per heavy atom. The first-order valence-corrected chi connectivity index (χ1v) is 7.76. The molecule has 0 saturated carbocycles. The standard InChI is InChI=1S/C17H19N5/c1-21-11-5-6-13(12-21)22-16-15(8-4-10-19-16)20-17(22)14-7-2-3-9-18-14/h2-4,7-10,13H,5-6,11-12H2,1H3. The summed E-state index contributed by atoms with van der Waals surface area (Å²) in [7, 11) is 2.18. The number of rotatable bonds is 2. The molecule has 4 heterocycles. The van der Waals surface area contributed by atoms with Crippen molar-refractivity contribution in [1.29, 1.82) is 0 Å². The Morgan fingerprint density at radius 1 is 1.09 bits per heavy atom. The first-order valence-electron chi connectivity index (χ1n) is 7.76. The molecular formula is C17H19N5. The summed E-state index contributed by atoms with van der Waals surface area (Å²) < 4.78 is 2.29. The van der Waals surface area contributed by atoms with Gasteiger partial charge in [0.05, 0.1) is 0 Å². The van der Waals surface area contributed by atoms with Gasteiger partial charge in [-0.15, -0.1) is 0 Å². The smallest absolute Gasteiger partial charge is 0.161 e. The normalized spacial score (nSPS) is 19.6. The van der Waals surface area contributed by atoms with Crippen LogP contribution in [-0.4, -0.2) is 44.6 Å². The predicted molar refractivity (Wildman–Crippen MR) is 86.5 cm³/mol. The van der Waals surface area contributed by atoms with E-state index < -0.39 is 0 Å². The van der Waals surface area contributed by atoms with Crippen molar-refractivity contribution in [3.05, 3.63) is 42.7 Å². The highest BCUT2D eigenvalue weighted by atomic mass is 15.2. The summed E-state index contributed by atoms with van der Waals surface area (Å²) in [5, 5.41) is 0. The highest BCUT2D eigenvalue weighted by molar-refractivity contribution is 5.76. The van der Waals surface area contributed by atoms with Gasteiger partial charge in [0.25, 0.3) is 0 Å². The molecule has 112 valence electrons. The van der Waals surface area contributed by atoms with Gasteiger partial charge in [-0.05, 0) is 50.7 Å². The van der Waals surface area contributed by atoms with E-state index in [1.165, 1.54) is 6.42 Å². The van der Waals surface area contributed by atoms with Crippen LogP contribution in [0, 0.1) is 0 Å². The Balaban J connectivity index is 1.90. The van der Waals surface area contributed by atoms with Crippen molar-refractivity contribution >= 4 is 11.2 Å². The Kier molecular flexibility index (Phi) is 3.35. The quantitative estimate of drug-likeness (QED) is 0.729. The minimum atomic E-state index is 0.399. The van der Waals surface area contributed by atoms with Crippen molar-refractivity contribution in [2.24, 2.45) is 0 Å². The van der Waals surface area contributed by atoms with Crippen LogP contribution in [0.25, 0.3) is 22.7 Å². The van der Waals surface area contributed by atoms with E-state index in [-0.39, 0.29) is 0 Å². The molecule has 22 heavy (non-hydrogen) atoms. The molecule has 1 unspecified atom stereocenters. The summed E-state index contributed by atoms with van der Waals surface area (Å²) >= 11 is 0. The molecule has 1 aliphatic heterocycles. The Hall–Kier alpha value is -2.27. The monoisotopic (exact) mass is 293 g/mol. The number of hydrogen-bond acceptors (Lipinski definition) is 4. The second kappa shape index (κ2) is 5.50. The molecule has 0 bridgehead atoms. The van der Waals surface area contributed by atoms with Crippen molar-refractivity contribution in [1.82, 2.24) is 24.4 Å². The van der Waals surface area contributed by atoms with Crippen LogP contribution in [0.2, 0.25) is 0 Å². The molecule has 0 spiro atoms. The summed E-state index contributed by atoms with van der Waals surface area (Å²) in [5.41, 5.74) is 2.81. The van der Waals surface area contributed by atoms with Crippen LogP contribution >= 0.6 is 0 Å². The van der Waals surface area contributed by atoms with E-state index in [4.69, 9.17) is 4.98 Å². The van der Waals surface area contributed by atoms with Crippen molar-refractivity contribution in [3.63, 3.8) is 0 Å². The average Bonchev–Trinajstić information content (AvgIpc) is 2.95. The molecule has 1 atom stereocenters. The van der Waals surface area contributed by atoms with Crippen LogP contribution in [0.5, 0.6) is 0 Å². The second-order valence-corrected chi connectivity index (χ2v) is 5.92. The van der Waals surface area contributed by atoms with Gasteiger partial charge in [0.15, 0.2) is 11.5 Å². The maximum atomic E-state index is 4.80. The van der Waals surface area contributed by atoms with E-state index in [0.717, 1.165) is 42.2 Å². The van der Waals surface area contributed by atoms with Crippen LogP contribution in [0.15, 0.2) is 42.7 Å². The summed E-state index contributed by atoms with van der Waals surface area (Å²) in [5.74, 6) is 0.926. The molecule has 4 rings (SSSR count). The summed E-state index contributed by atoms with van der Waals surface area (Å²) in [6.07, 6.45) is 6.02. The molecule has 5 nitrogen and oxygen atoms in total. The lowest BCUT2D eigenvalue weighted by Gasteiger charge is -2.31. The fourth-order valence-electron chi connectivity index (χ4n) is 3.30. The van der Waals surface area contributed by atoms with Crippen LogP contribution in [0.4, 0.5) is 0 Å². The van der Waals surface area contributed by atoms with Crippen molar-refractivity contribution in [3.8, 4) is 11.5 Å². The highest BCUT2D eigenvalue weighted by Gasteiger charge is 2.25. The van der Waals surface area contributed by atoms with Gasteiger partial charge < -0.3 is 9.47 Å². The van der Waals surface area contributed by atoms with Crippen molar-refractivity contribution in [2.75, 3.05) is 20.1 Å². The maximum Gasteiger partial charge on any atom is 0.161 e. The summed E-state index contributed by atoms with van der Waals surface area (Å²) in [6, 6.07) is 10.3. The predicted octanol–water partition coefficient (Wildman–Crippen LogP) is 2.76. The second-order valence-electron chi connectivity index (χ2n) is 5.92. The van der Waals surface area contributed by atoms with Gasteiger partial charge >= 0.3 is 0 Å². The average molecular weight is 293 g/mol. The van der Waals surface area contributed by atoms with Gasteiger partial charge in [0, 0.05) is 25.0 Å². The zero-order valence-electron chi connectivity index (χ0n) is 12.7. The Morgan fingerprint density at radius 2 is 2.00 bits per heavy atom. The van der Waals surface area contributed by atoms with E-state index in [0.29, 0.717) is 6.04 Å². The van der Waals surface area contributed by atoms with Gasteiger partial charge in [0.2, 0.25) is 0 Å². The topological polar surface area (TPSA) is 46.8 Å². The number of nitrogens with zero attached hydrogens (tertiary/aromatic N) is 5. The van der Waals surface area contributed by atoms with Crippen LogP contribution in [0.3, 0.4) is 0 Å². The molecule has 0 aromatic carbocycles. The number of piperidine rings is 1. The minimum Gasteiger partial charge on any atom is -0.304 e. The zero-order valence-corrected chi connectivity index (χ0v) is 12.7. The highest BCUT2D eigenvalue weighted by Crippen LogP contribution is 2.30. The molecule has 1 aliphatic rings. The molecular weight excluding hydrogens is 274 g/mol. The molecule has 1 saturated heterocycles. The Labute approximate surface area is 129 Å². The first kappa shape index (κ1) is 13.4. The van der Waals surface area contributed by atoms with Crippen LogP contribution in [0.1, 0.15) is 18.9 Å². The van der Waals surface area contributed by atoms with Gasteiger partial charge in [-0.1, -0.05) is 6.07 Å². The molecule has 0 N–H and O–H groups in total. The lowest BCUT2D eigenvalue weighted by atomic mass is 10.1. The summed E-state index contributed by atoms with van der Waals surface area (Å²) in [6.45, 7) is 2.19. The zero-order chi connectivity index (χ0) is 14.9. The van der Waals surface area contributed by atoms with Gasteiger partial charge in [-0.25, -0.2) is 9.97 Å². The number of hydrogen-bond donors (Lipinski definition) is 0. The van der Waals surface area contributed by atoms with E-state index in [1.54, 1.807) is 0 Å². The minimum absolute atomic E-state index is 0.399. The molecule has 0 amide bonds. The first-order chi connectivity index (χ1) is 10.8. The largest absolute Gasteiger partial charge is 0.304 e. The molecule has 3 aromatic rings. The lowest BCUT2D eigenvalue weighted by molar-refractivity contribution is 0.215. The third-order valence-electron chi connectivity index (χ3n) is 4.31. The third kappa shape index (κ3) is 2.27. The number of fused-ring (bicyclic) bond motifs is 1. The molecule has 0 aliphatic carbocycles. The van der Waals surface area contributed by atoms with Gasteiger partial charge in [-0.2, -0.15) is 0 Å². The van der Waals surface area contributed by atoms with Crippen molar-refractivity contribution in [2.45, 2.75) is 18.9 Å². The fraction of sp³-hybridized carbons (Fsp3) is 0.353. The Bertz CT molecular complexity index is 780. The molecule has 1 fully saturated rings. The molecule has 3 aromatic heterocycles. The van der Waals surface area contributed by atoms with E-state index in [9.17, 15) is 0 Å². The van der Waals surface area contributed by atoms with Gasteiger partial charge in [0.1, 0.15) is 11.2 Å². The van der Waals surface area contributed by atoms with E-state index in [2.05, 4.69) is 26.5 Å². The number of likely N-dealkylation sites (N-methyl/N-ethyl adjacent to an activating group) is 1. The van der Waals surface area contributed by atoms with Crippen LogP contribution < -0.4 is 0 Å². The number of aromatic nitrogens is 4. The fourth-order valence-corrected chi connectivity index (χ4v) is 3.30. The van der Waals surface area contributed by atoms with Crippen LogP contribution in [-0.2, 0) is 0 Å². The number of pyridine rings is 2. The maximum absolute atomic E-state index is 4.80. The van der Waals surface area contributed by atoms with Crippen molar-refractivity contribution < 1.29 is 0 Å². The number of imidazole rings is 1. The number of likely N-dealkylation sites (tertiary alicyclic amines) is 1. The van der Waals surface area contributed by atoms with E-state index in [1.807, 2.05) is 42.7 Å². The molecule has 0 radical (unpaired) electrons. The molecule has 5 heteroatoms. The summed E-state index contributed by atoms with van der Waals surface area (Å²) in [4.78, 5) is 16.3. The van der Waals surface area contributed by atoms with Gasteiger partial charge in [-0.3, -0.25) is 4.98 Å².